The summed E-state index contributed by atoms with van der Waals surface area (Å²) in [5.41, 5.74) is 1.24. The second-order valence-corrected chi connectivity index (χ2v) is 7.57. The van der Waals surface area contributed by atoms with Crippen LogP contribution in [-0.4, -0.2) is 45.2 Å². The van der Waals surface area contributed by atoms with Crippen molar-refractivity contribution in [1.82, 2.24) is 25.0 Å². The van der Waals surface area contributed by atoms with Gasteiger partial charge in [0.15, 0.2) is 5.76 Å². The molecule has 1 N–H and O–H groups in total. The predicted octanol–water partition coefficient (Wildman–Crippen LogP) is 3.02. The van der Waals surface area contributed by atoms with Gasteiger partial charge in [0.1, 0.15) is 23.0 Å². The predicted molar refractivity (Wildman–Crippen MR) is 108 cm³/mol. The number of nitrogens with one attached hydrogen (secondary N) is 1. The fourth-order valence-corrected chi connectivity index (χ4v) is 4.30. The smallest absolute Gasteiger partial charge is 0.289 e. The lowest BCUT2D eigenvalue weighted by molar-refractivity contribution is 0.0679. The van der Waals surface area contributed by atoms with E-state index in [4.69, 9.17) is 4.42 Å². The zero-order valence-corrected chi connectivity index (χ0v) is 17.0. The Balaban J connectivity index is 0.00000205. The molecule has 0 radical (unpaired) electrons. The SMILES string of the molecule is Cc1c(C(=O)N2CCC(c3nnc4n3CCNC4)CC2)oc2ccc(F)cc12.Cl. The number of carbonyl (C=O) groups is 1. The van der Waals surface area contributed by atoms with E-state index >= 15 is 0 Å². The van der Waals surface area contributed by atoms with Gasteiger partial charge in [0.05, 0.1) is 6.54 Å². The fraction of sp³-hybridized carbons (Fsp3) is 0.450. The highest BCUT2D eigenvalue weighted by atomic mass is 35.5. The second-order valence-electron chi connectivity index (χ2n) is 7.57. The van der Waals surface area contributed by atoms with Crippen molar-refractivity contribution in [2.75, 3.05) is 19.6 Å². The first kappa shape index (κ1) is 19.8. The van der Waals surface area contributed by atoms with Gasteiger partial charge in [-0.15, -0.1) is 22.6 Å². The molecule has 5 rings (SSSR count). The Bertz CT molecular complexity index is 1050. The molecule has 0 spiro atoms. The zero-order chi connectivity index (χ0) is 19.3. The maximum Gasteiger partial charge on any atom is 0.289 e. The number of aromatic nitrogens is 3. The number of hydrogen-bond donors (Lipinski definition) is 1. The van der Waals surface area contributed by atoms with Crippen LogP contribution in [-0.2, 0) is 13.1 Å². The molecule has 0 atom stereocenters. The molecule has 154 valence electrons. The van der Waals surface area contributed by atoms with E-state index in [9.17, 15) is 9.18 Å². The molecule has 2 aliphatic heterocycles. The Morgan fingerprint density at radius 1 is 1.24 bits per heavy atom. The molecule has 0 saturated carbocycles. The summed E-state index contributed by atoms with van der Waals surface area (Å²) in [5.74, 6) is 2.20. The number of likely N-dealkylation sites (tertiary alicyclic amines) is 1. The quantitative estimate of drug-likeness (QED) is 0.691. The molecule has 1 fully saturated rings. The van der Waals surface area contributed by atoms with Crippen LogP contribution in [0.25, 0.3) is 11.0 Å². The minimum Gasteiger partial charge on any atom is -0.451 e. The van der Waals surface area contributed by atoms with E-state index in [1.54, 1.807) is 6.07 Å². The number of aryl methyl sites for hydroxylation is 1. The average Bonchev–Trinajstić information content (AvgIpc) is 3.29. The first-order valence-corrected chi connectivity index (χ1v) is 9.72. The van der Waals surface area contributed by atoms with Crippen molar-refractivity contribution in [2.45, 2.75) is 38.8 Å². The van der Waals surface area contributed by atoms with Gasteiger partial charge < -0.3 is 19.2 Å². The molecule has 0 unspecified atom stereocenters. The van der Waals surface area contributed by atoms with Crippen LogP contribution >= 0.6 is 12.4 Å². The number of rotatable bonds is 2. The van der Waals surface area contributed by atoms with Crippen molar-refractivity contribution in [2.24, 2.45) is 0 Å². The number of fused-ring (bicyclic) bond motifs is 2. The highest BCUT2D eigenvalue weighted by molar-refractivity contribution is 5.99. The number of piperidine rings is 1. The largest absolute Gasteiger partial charge is 0.451 e. The Labute approximate surface area is 173 Å². The topological polar surface area (TPSA) is 76.2 Å². The van der Waals surface area contributed by atoms with Gasteiger partial charge >= 0.3 is 0 Å². The van der Waals surface area contributed by atoms with Gasteiger partial charge in [-0.2, -0.15) is 0 Å². The molecule has 1 aromatic carbocycles. The van der Waals surface area contributed by atoms with E-state index in [1.807, 2.05) is 11.8 Å². The van der Waals surface area contributed by atoms with Crippen LogP contribution in [0.2, 0.25) is 0 Å². The number of halogens is 2. The highest BCUT2D eigenvalue weighted by Crippen LogP contribution is 2.31. The number of carbonyl (C=O) groups excluding carboxylic acids is 1. The van der Waals surface area contributed by atoms with E-state index in [0.717, 1.165) is 44.1 Å². The maximum absolute atomic E-state index is 13.5. The minimum absolute atomic E-state index is 0. The van der Waals surface area contributed by atoms with Crippen LogP contribution in [0.15, 0.2) is 22.6 Å². The Hall–Kier alpha value is -2.45. The Kier molecular flexibility index (Phi) is 5.31. The summed E-state index contributed by atoms with van der Waals surface area (Å²) < 4.78 is 21.5. The number of benzene rings is 1. The lowest BCUT2D eigenvalue weighted by Gasteiger charge is -2.31. The van der Waals surface area contributed by atoms with Crippen LogP contribution in [0, 0.1) is 12.7 Å². The van der Waals surface area contributed by atoms with Crippen molar-refractivity contribution in [3.63, 3.8) is 0 Å². The lowest BCUT2D eigenvalue weighted by Crippen LogP contribution is -2.39. The molecule has 9 heteroatoms. The summed E-state index contributed by atoms with van der Waals surface area (Å²) >= 11 is 0. The molecule has 7 nitrogen and oxygen atoms in total. The molecule has 29 heavy (non-hydrogen) atoms. The summed E-state index contributed by atoms with van der Waals surface area (Å²) in [6, 6.07) is 4.34. The van der Waals surface area contributed by atoms with Gasteiger partial charge in [-0.05, 0) is 38.0 Å². The number of furan rings is 1. The van der Waals surface area contributed by atoms with E-state index in [1.165, 1.54) is 12.1 Å². The van der Waals surface area contributed by atoms with Gasteiger partial charge in [0, 0.05) is 43.0 Å². The van der Waals surface area contributed by atoms with Crippen LogP contribution < -0.4 is 5.32 Å². The van der Waals surface area contributed by atoms with E-state index in [0.29, 0.717) is 41.3 Å². The normalized spacial score (nSPS) is 17.2. The van der Waals surface area contributed by atoms with E-state index < -0.39 is 0 Å². The number of amides is 1. The van der Waals surface area contributed by atoms with Gasteiger partial charge in [-0.3, -0.25) is 4.79 Å². The van der Waals surface area contributed by atoms with Crippen LogP contribution in [0.4, 0.5) is 4.39 Å². The van der Waals surface area contributed by atoms with Crippen molar-refractivity contribution in [3.8, 4) is 0 Å². The van der Waals surface area contributed by atoms with Gasteiger partial charge in [-0.25, -0.2) is 4.39 Å². The molecule has 0 bridgehead atoms. The Morgan fingerprint density at radius 2 is 2.03 bits per heavy atom. The van der Waals surface area contributed by atoms with Crippen LogP contribution in [0.5, 0.6) is 0 Å². The third-order valence-electron chi connectivity index (χ3n) is 5.89. The lowest BCUT2D eigenvalue weighted by atomic mass is 9.95. The zero-order valence-electron chi connectivity index (χ0n) is 16.2. The van der Waals surface area contributed by atoms with Crippen LogP contribution in [0.1, 0.15) is 46.5 Å². The number of hydrogen-bond acceptors (Lipinski definition) is 5. The van der Waals surface area contributed by atoms with Crippen molar-refractivity contribution in [3.05, 3.63) is 47.0 Å². The summed E-state index contributed by atoms with van der Waals surface area (Å²) in [6.07, 6.45) is 1.70. The van der Waals surface area contributed by atoms with Crippen molar-refractivity contribution in [1.29, 1.82) is 0 Å². The molecule has 3 aromatic rings. The summed E-state index contributed by atoms with van der Waals surface area (Å²) in [7, 11) is 0. The summed E-state index contributed by atoms with van der Waals surface area (Å²) in [6.45, 7) is 5.69. The average molecular weight is 420 g/mol. The first-order chi connectivity index (χ1) is 13.6. The first-order valence-electron chi connectivity index (χ1n) is 9.72. The van der Waals surface area contributed by atoms with Gasteiger partial charge in [0.25, 0.3) is 5.91 Å². The van der Waals surface area contributed by atoms with Crippen molar-refractivity contribution >= 4 is 29.3 Å². The third kappa shape index (κ3) is 3.40. The molecule has 2 aliphatic rings. The minimum atomic E-state index is -0.331. The molecule has 1 saturated heterocycles. The molecule has 4 heterocycles. The monoisotopic (exact) mass is 419 g/mol. The molecular weight excluding hydrogens is 397 g/mol. The highest BCUT2D eigenvalue weighted by Gasteiger charge is 2.31. The van der Waals surface area contributed by atoms with E-state index in [-0.39, 0.29) is 24.1 Å². The Morgan fingerprint density at radius 3 is 2.83 bits per heavy atom. The third-order valence-corrected chi connectivity index (χ3v) is 5.89. The molecular formula is C20H23ClFN5O2. The van der Waals surface area contributed by atoms with Gasteiger partial charge in [-0.1, -0.05) is 0 Å². The number of nitrogens with zero attached hydrogens (tertiary/aromatic N) is 4. The molecule has 1 amide bonds. The van der Waals surface area contributed by atoms with E-state index in [2.05, 4.69) is 20.1 Å². The van der Waals surface area contributed by atoms with Crippen LogP contribution in [0.3, 0.4) is 0 Å². The maximum atomic E-state index is 13.5. The molecule has 0 aliphatic carbocycles. The van der Waals surface area contributed by atoms with Gasteiger partial charge in [0.2, 0.25) is 0 Å². The summed E-state index contributed by atoms with van der Waals surface area (Å²) in [5, 5.41) is 12.7. The van der Waals surface area contributed by atoms with Crippen molar-refractivity contribution < 1.29 is 13.6 Å². The second kappa shape index (κ2) is 7.76. The molecule has 2 aromatic heterocycles. The summed E-state index contributed by atoms with van der Waals surface area (Å²) in [4.78, 5) is 14.8. The fourth-order valence-electron chi connectivity index (χ4n) is 4.30. The standard InChI is InChI=1S/C20H22FN5O2.ClH/c1-12-15-10-14(21)2-3-16(15)28-18(12)20(27)25-7-4-13(5-8-25)19-24-23-17-11-22-6-9-26(17)19;/h2-3,10,13,22H,4-9,11H2,1H3;1H.